The van der Waals surface area contributed by atoms with Crippen molar-refractivity contribution in [2.24, 2.45) is 17.6 Å². The van der Waals surface area contributed by atoms with Crippen molar-refractivity contribution in [3.63, 3.8) is 0 Å². The number of hydrogen-bond donors (Lipinski definition) is 1. The standard InChI is InChI=1S/C16H25N/c1-4-14-7-9-15(10-8-14)16(17)11-5-6-12(2)13(16)3/h7-10,12-13H,4-6,11,17H2,1-3H3. The maximum atomic E-state index is 6.71. The molecule has 3 unspecified atom stereocenters. The van der Waals surface area contributed by atoms with E-state index in [0.717, 1.165) is 18.8 Å². The number of nitrogens with two attached hydrogens (primary N) is 1. The van der Waals surface area contributed by atoms with Crippen LogP contribution in [0.15, 0.2) is 24.3 Å². The third-order valence-corrected chi connectivity index (χ3v) is 4.82. The molecule has 3 atom stereocenters. The van der Waals surface area contributed by atoms with Gasteiger partial charge in [-0.3, -0.25) is 0 Å². The maximum absolute atomic E-state index is 6.71. The number of aryl methyl sites for hydroxylation is 1. The second kappa shape index (κ2) is 4.81. The smallest absolute Gasteiger partial charge is 0.0438 e. The average Bonchev–Trinajstić information content (AvgIpc) is 2.36. The van der Waals surface area contributed by atoms with E-state index in [0.29, 0.717) is 5.92 Å². The summed E-state index contributed by atoms with van der Waals surface area (Å²) in [5.41, 5.74) is 9.32. The van der Waals surface area contributed by atoms with Gasteiger partial charge in [0.2, 0.25) is 0 Å². The van der Waals surface area contributed by atoms with E-state index in [1.165, 1.54) is 24.0 Å². The van der Waals surface area contributed by atoms with Crippen LogP contribution < -0.4 is 5.73 Å². The van der Waals surface area contributed by atoms with Gasteiger partial charge in [-0.1, -0.05) is 57.9 Å². The Morgan fingerprint density at radius 3 is 2.47 bits per heavy atom. The van der Waals surface area contributed by atoms with Crippen LogP contribution in [0.4, 0.5) is 0 Å². The quantitative estimate of drug-likeness (QED) is 0.821. The van der Waals surface area contributed by atoms with Crippen molar-refractivity contribution < 1.29 is 0 Å². The predicted octanol–water partition coefficient (Wildman–Crippen LogP) is 3.86. The summed E-state index contributed by atoms with van der Waals surface area (Å²) in [5.74, 6) is 1.31. The SMILES string of the molecule is CCc1ccc(C2(N)CCCC(C)C2C)cc1. The molecule has 0 aromatic heterocycles. The van der Waals surface area contributed by atoms with Crippen LogP contribution in [0.3, 0.4) is 0 Å². The van der Waals surface area contributed by atoms with E-state index >= 15 is 0 Å². The van der Waals surface area contributed by atoms with Crippen LogP contribution in [0.1, 0.15) is 51.2 Å². The molecular formula is C16H25N. The first-order chi connectivity index (χ1) is 8.08. The molecule has 0 saturated heterocycles. The van der Waals surface area contributed by atoms with E-state index in [1.54, 1.807) is 0 Å². The summed E-state index contributed by atoms with van der Waals surface area (Å²) in [6.07, 6.45) is 4.82. The molecule has 94 valence electrons. The van der Waals surface area contributed by atoms with Crippen molar-refractivity contribution >= 4 is 0 Å². The van der Waals surface area contributed by atoms with Gasteiger partial charge in [-0.2, -0.15) is 0 Å². The zero-order valence-corrected chi connectivity index (χ0v) is 11.4. The summed E-state index contributed by atoms with van der Waals surface area (Å²) in [5, 5.41) is 0. The van der Waals surface area contributed by atoms with E-state index in [9.17, 15) is 0 Å². The summed E-state index contributed by atoms with van der Waals surface area (Å²) in [6, 6.07) is 8.95. The molecule has 1 aliphatic carbocycles. The van der Waals surface area contributed by atoms with Crippen LogP contribution >= 0.6 is 0 Å². The Morgan fingerprint density at radius 2 is 1.88 bits per heavy atom. The number of hydrogen-bond acceptors (Lipinski definition) is 1. The van der Waals surface area contributed by atoms with E-state index in [1.807, 2.05) is 0 Å². The summed E-state index contributed by atoms with van der Waals surface area (Å²) in [6.45, 7) is 6.85. The minimum Gasteiger partial charge on any atom is -0.321 e. The summed E-state index contributed by atoms with van der Waals surface area (Å²) in [4.78, 5) is 0. The largest absolute Gasteiger partial charge is 0.321 e. The fourth-order valence-electron chi connectivity index (χ4n) is 3.16. The van der Waals surface area contributed by atoms with Gasteiger partial charge >= 0.3 is 0 Å². The lowest BCUT2D eigenvalue weighted by molar-refractivity contribution is 0.144. The molecule has 1 fully saturated rings. The molecule has 0 bridgehead atoms. The van der Waals surface area contributed by atoms with Gasteiger partial charge in [0.25, 0.3) is 0 Å². The Bertz CT molecular complexity index is 368. The molecule has 2 rings (SSSR count). The molecule has 2 N–H and O–H groups in total. The summed E-state index contributed by atoms with van der Waals surface area (Å²) in [7, 11) is 0. The van der Waals surface area contributed by atoms with Crippen molar-refractivity contribution in [1.82, 2.24) is 0 Å². The van der Waals surface area contributed by atoms with Crippen LogP contribution in [0.25, 0.3) is 0 Å². The lowest BCUT2D eigenvalue weighted by Gasteiger charge is -2.43. The summed E-state index contributed by atoms with van der Waals surface area (Å²) < 4.78 is 0. The highest BCUT2D eigenvalue weighted by atomic mass is 14.8. The molecule has 0 amide bonds. The number of rotatable bonds is 2. The molecule has 0 heterocycles. The molecular weight excluding hydrogens is 206 g/mol. The van der Waals surface area contributed by atoms with Crippen LogP contribution in [0, 0.1) is 11.8 Å². The number of benzene rings is 1. The topological polar surface area (TPSA) is 26.0 Å². The van der Waals surface area contributed by atoms with Gasteiger partial charge in [0.05, 0.1) is 0 Å². The highest BCUT2D eigenvalue weighted by Gasteiger charge is 2.39. The molecule has 1 aromatic rings. The van der Waals surface area contributed by atoms with Gasteiger partial charge < -0.3 is 5.73 Å². The van der Waals surface area contributed by atoms with Gasteiger partial charge in [-0.05, 0) is 35.8 Å². The zero-order valence-electron chi connectivity index (χ0n) is 11.4. The van der Waals surface area contributed by atoms with Crippen LogP contribution in [0.2, 0.25) is 0 Å². The van der Waals surface area contributed by atoms with Gasteiger partial charge in [-0.25, -0.2) is 0 Å². The Labute approximate surface area is 105 Å². The second-order valence-electron chi connectivity index (χ2n) is 5.75. The monoisotopic (exact) mass is 231 g/mol. The fourth-order valence-corrected chi connectivity index (χ4v) is 3.16. The van der Waals surface area contributed by atoms with Crippen molar-refractivity contribution in [3.05, 3.63) is 35.4 Å². The Balaban J connectivity index is 2.29. The van der Waals surface area contributed by atoms with Crippen LogP contribution in [0.5, 0.6) is 0 Å². The average molecular weight is 231 g/mol. The zero-order chi connectivity index (χ0) is 12.5. The van der Waals surface area contributed by atoms with E-state index in [4.69, 9.17) is 5.73 Å². The summed E-state index contributed by atoms with van der Waals surface area (Å²) >= 11 is 0. The third-order valence-electron chi connectivity index (χ3n) is 4.82. The molecule has 1 saturated carbocycles. The van der Waals surface area contributed by atoms with Crippen molar-refractivity contribution in [1.29, 1.82) is 0 Å². The van der Waals surface area contributed by atoms with Crippen molar-refractivity contribution in [2.75, 3.05) is 0 Å². The lowest BCUT2D eigenvalue weighted by atomic mass is 9.66. The van der Waals surface area contributed by atoms with E-state index < -0.39 is 0 Å². The van der Waals surface area contributed by atoms with Gasteiger partial charge in [-0.15, -0.1) is 0 Å². The first-order valence-electron chi connectivity index (χ1n) is 6.96. The van der Waals surface area contributed by atoms with E-state index in [-0.39, 0.29) is 5.54 Å². The highest BCUT2D eigenvalue weighted by Crippen LogP contribution is 2.42. The first kappa shape index (κ1) is 12.6. The maximum Gasteiger partial charge on any atom is 0.0438 e. The fraction of sp³-hybridized carbons (Fsp3) is 0.625. The van der Waals surface area contributed by atoms with E-state index in [2.05, 4.69) is 45.0 Å². The normalized spacial score (nSPS) is 33.6. The Hall–Kier alpha value is -0.820. The van der Waals surface area contributed by atoms with Gasteiger partial charge in [0.1, 0.15) is 0 Å². The molecule has 1 aliphatic rings. The van der Waals surface area contributed by atoms with Gasteiger partial charge in [0, 0.05) is 5.54 Å². The second-order valence-corrected chi connectivity index (χ2v) is 5.75. The molecule has 17 heavy (non-hydrogen) atoms. The van der Waals surface area contributed by atoms with Crippen LogP contribution in [-0.2, 0) is 12.0 Å². The highest BCUT2D eigenvalue weighted by molar-refractivity contribution is 5.29. The minimum atomic E-state index is -0.107. The third kappa shape index (κ3) is 2.26. The Morgan fingerprint density at radius 1 is 1.24 bits per heavy atom. The van der Waals surface area contributed by atoms with Crippen molar-refractivity contribution in [3.8, 4) is 0 Å². The lowest BCUT2D eigenvalue weighted by Crippen LogP contribution is -2.48. The van der Waals surface area contributed by atoms with Gasteiger partial charge in [0.15, 0.2) is 0 Å². The first-order valence-corrected chi connectivity index (χ1v) is 6.96. The molecule has 0 radical (unpaired) electrons. The molecule has 1 heteroatoms. The predicted molar refractivity (Wildman–Crippen MR) is 73.9 cm³/mol. The molecule has 0 spiro atoms. The van der Waals surface area contributed by atoms with Crippen molar-refractivity contribution in [2.45, 2.75) is 52.0 Å². The molecule has 1 nitrogen and oxygen atoms in total. The molecule has 1 aromatic carbocycles. The molecule has 0 aliphatic heterocycles. The van der Waals surface area contributed by atoms with Crippen LogP contribution in [-0.4, -0.2) is 0 Å². The minimum absolute atomic E-state index is 0.107. The Kier molecular flexibility index (Phi) is 3.58.